The molecule has 0 aliphatic heterocycles. The van der Waals surface area contributed by atoms with Crippen LogP contribution in [0.25, 0.3) is 0 Å². The van der Waals surface area contributed by atoms with Gasteiger partial charge in [0.15, 0.2) is 0 Å². The summed E-state index contributed by atoms with van der Waals surface area (Å²) in [6.45, 7) is 16.5. The van der Waals surface area contributed by atoms with Crippen LogP contribution in [0.1, 0.15) is 196 Å². The first-order valence-corrected chi connectivity index (χ1v) is 19.6. The highest BCUT2D eigenvalue weighted by molar-refractivity contribution is 7.19. The van der Waals surface area contributed by atoms with Crippen molar-refractivity contribution in [3.05, 3.63) is 68.8 Å². The summed E-state index contributed by atoms with van der Waals surface area (Å²) < 4.78 is 0. The summed E-state index contributed by atoms with van der Waals surface area (Å²) in [5, 5.41) is -0.0180. The lowest BCUT2D eigenvalue weighted by molar-refractivity contribution is 0.570. The van der Waals surface area contributed by atoms with Gasteiger partial charge in [0.05, 0.1) is 0 Å². The van der Waals surface area contributed by atoms with Crippen LogP contribution < -0.4 is 0 Å². The van der Waals surface area contributed by atoms with Gasteiger partial charge in [-0.3, -0.25) is 0 Å². The van der Waals surface area contributed by atoms with Gasteiger partial charge >= 0.3 is 0 Å². The molecule has 0 nitrogen and oxygen atoms in total. The third-order valence-electron chi connectivity index (χ3n) is 9.91. The molecular formula is C42H71P. The molecule has 0 saturated carbocycles. The van der Waals surface area contributed by atoms with E-state index in [-0.39, 0.29) is 5.16 Å². The Morgan fingerprint density at radius 3 is 1.07 bits per heavy atom. The zero-order valence-electron chi connectivity index (χ0n) is 29.9. The molecule has 1 unspecified atom stereocenters. The molecule has 0 radical (unpaired) electrons. The highest BCUT2D eigenvalue weighted by Gasteiger charge is 2.35. The molecule has 0 fully saturated rings. The smallest absolute Gasteiger partial charge is 0.0350 e. The highest BCUT2D eigenvalue weighted by Crippen LogP contribution is 2.49. The molecule has 2 aromatic carbocycles. The van der Waals surface area contributed by atoms with Gasteiger partial charge in [0.25, 0.3) is 0 Å². The van der Waals surface area contributed by atoms with Gasteiger partial charge in [-0.1, -0.05) is 131 Å². The lowest BCUT2D eigenvalue weighted by Crippen LogP contribution is -2.26. The van der Waals surface area contributed by atoms with Crippen LogP contribution in [0.5, 0.6) is 0 Å². The van der Waals surface area contributed by atoms with Crippen molar-refractivity contribution < 1.29 is 0 Å². The molecule has 0 saturated heterocycles. The number of unbranched alkanes of at least 4 members (excludes halogenated alkanes) is 8. The molecule has 0 N–H and O–H groups in total. The normalized spacial score (nSPS) is 11.9. The fourth-order valence-electron chi connectivity index (χ4n) is 7.20. The second-order valence-corrected chi connectivity index (χ2v) is 14.5. The molecule has 1 heteroatoms. The van der Waals surface area contributed by atoms with Crippen molar-refractivity contribution in [3.63, 3.8) is 0 Å². The molecule has 2 rings (SSSR count). The lowest BCUT2D eigenvalue weighted by atomic mass is 9.75. The van der Waals surface area contributed by atoms with E-state index in [1.807, 2.05) is 0 Å². The van der Waals surface area contributed by atoms with Gasteiger partial charge in [-0.2, -0.15) is 0 Å². The van der Waals surface area contributed by atoms with Crippen molar-refractivity contribution in [1.29, 1.82) is 0 Å². The molecule has 43 heavy (non-hydrogen) atoms. The van der Waals surface area contributed by atoms with Crippen molar-refractivity contribution >= 4 is 9.24 Å². The van der Waals surface area contributed by atoms with Crippen molar-refractivity contribution in [2.45, 2.75) is 195 Å². The topological polar surface area (TPSA) is 0 Å². The van der Waals surface area contributed by atoms with E-state index in [1.54, 1.807) is 44.5 Å². The SMILES string of the molecule is CCCCCC(P)(c1ccc(CCCC)c(CCCC)c1CCCC)c1ccc(CCCC)c(CCCC)c1CCCC. The van der Waals surface area contributed by atoms with Crippen molar-refractivity contribution in [1.82, 2.24) is 0 Å². The van der Waals surface area contributed by atoms with Crippen molar-refractivity contribution in [3.8, 4) is 0 Å². The summed E-state index contributed by atoms with van der Waals surface area (Å²) in [5.74, 6) is 0. The Labute approximate surface area is 272 Å². The Kier molecular flexibility index (Phi) is 19.1. The van der Waals surface area contributed by atoms with E-state index in [1.165, 1.54) is 141 Å². The van der Waals surface area contributed by atoms with Crippen LogP contribution >= 0.6 is 9.24 Å². The average molecular weight is 607 g/mol. The minimum Gasteiger partial charge on any atom is -0.122 e. The Bertz CT molecular complexity index is 956. The summed E-state index contributed by atoms with van der Waals surface area (Å²) in [4.78, 5) is 0. The van der Waals surface area contributed by atoms with E-state index >= 15 is 0 Å². The second kappa shape index (κ2) is 21.6. The van der Waals surface area contributed by atoms with Crippen LogP contribution in [0.4, 0.5) is 0 Å². The maximum atomic E-state index is 3.56. The fraction of sp³-hybridized carbons (Fsp3) is 0.714. The Balaban J connectivity index is 2.94. The molecule has 0 aliphatic carbocycles. The first-order valence-electron chi connectivity index (χ1n) is 19.0. The summed E-state index contributed by atoms with van der Waals surface area (Å²) in [5.41, 5.74) is 13.5. The third-order valence-corrected chi connectivity index (χ3v) is 10.8. The van der Waals surface area contributed by atoms with Gasteiger partial charge in [0.2, 0.25) is 0 Å². The van der Waals surface area contributed by atoms with Crippen molar-refractivity contribution in [2.24, 2.45) is 0 Å². The number of hydrogen-bond donors (Lipinski definition) is 0. The summed E-state index contributed by atoms with van der Waals surface area (Å²) in [7, 11) is 3.56. The predicted octanol–water partition coefficient (Wildman–Crippen LogP) is 13.4. The van der Waals surface area contributed by atoms with Gasteiger partial charge in [-0.25, -0.2) is 0 Å². The van der Waals surface area contributed by atoms with Crippen molar-refractivity contribution in [2.75, 3.05) is 0 Å². The van der Waals surface area contributed by atoms with E-state index in [4.69, 9.17) is 0 Å². The Morgan fingerprint density at radius 2 is 0.721 bits per heavy atom. The monoisotopic (exact) mass is 607 g/mol. The zero-order valence-corrected chi connectivity index (χ0v) is 31.1. The van der Waals surface area contributed by atoms with Crippen LogP contribution in [0.2, 0.25) is 0 Å². The largest absolute Gasteiger partial charge is 0.122 e. The number of benzene rings is 2. The van der Waals surface area contributed by atoms with Gasteiger partial charge in [0.1, 0.15) is 0 Å². The minimum atomic E-state index is -0.0180. The minimum absolute atomic E-state index is 0.0180. The molecule has 244 valence electrons. The average Bonchev–Trinajstić information content (AvgIpc) is 3.02. The quantitative estimate of drug-likeness (QED) is 0.0823. The summed E-state index contributed by atoms with van der Waals surface area (Å²) in [6.07, 6.45) is 28.0. The molecule has 0 amide bonds. The molecular weight excluding hydrogens is 535 g/mol. The van der Waals surface area contributed by atoms with E-state index in [2.05, 4.69) is 82.0 Å². The van der Waals surface area contributed by atoms with Crippen LogP contribution in [-0.2, 0) is 43.7 Å². The molecule has 2 aromatic rings. The first kappa shape index (κ1) is 38.1. The molecule has 0 heterocycles. The number of aryl methyl sites for hydroxylation is 2. The van der Waals surface area contributed by atoms with E-state index in [0.717, 1.165) is 0 Å². The van der Waals surface area contributed by atoms with Crippen LogP contribution in [0, 0.1) is 0 Å². The number of rotatable bonds is 24. The molecule has 0 aromatic heterocycles. The standard InChI is InChI=1S/C42H71P/c1-8-15-22-33-42(43,40-31-29-34(23-16-9-2)36(25-18-11-4)38(40)27-20-13-6)41-32-30-35(24-17-10-3)37(26-19-12-5)39(41)28-21-14-7/h29-32H,8-28,33,43H2,1-7H3. The van der Waals surface area contributed by atoms with Gasteiger partial charge < -0.3 is 0 Å². The van der Waals surface area contributed by atoms with Crippen LogP contribution in [0.3, 0.4) is 0 Å². The summed E-state index contributed by atoms with van der Waals surface area (Å²) >= 11 is 0. The molecule has 0 aliphatic rings. The maximum Gasteiger partial charge on any atom is 0.0350 e. The second-order valence-electron chi connectivity index (χ2n) is 13.5. The lowest BCUT2D eigenvalue weighted by Gasteiger charge is -2.37. The van der Waals surface area contributed by atoms with E-state index < -0.39 is 0 Å². The Hall–Kier alpha value is -1.13. The zero-order chi connectivity index (χ0) is 31.5. The molecule has 0 spiro atoms. The van der Waals surface area contributed by atoms with Crippen LogP contribution in [-0.4, -0.2) is 0 Å². The van der Waals surface area contributed by atoms with Gasteiger partial charge in [-0.05, 0) is 128 Å². The summed E-state index contributed by atoms with van der Waals surface area (Å²) in [6, 6.07) is 10.4. The van der Waals surface area contributed by atoms with Gasteiger partial charge in [0, 0.05) is 5.16 Å². The predicted molar refractivity (Wildman–Crippen MR) is 199 cm³/mol. The molecule has 1 atom stereocenters. The fourth-order valence-corrected chi connectivity index (χ4v) is 7.94. The number of hydrogen-bond acceptors (Lipinski definition) is 0. The van der Waals surface area contributed by atoms with E-state index in [9.17, 15) is 0 Å². The maximum absolute atomic E-state index is 3.56. The van der Waals surface area contributed by atoms with Crippen LogP contribution in [0.15, 0.2) is 24.3 Å². The Morgan fingerprint density at radius 1 is 0.395 bits per heavy atom. The van der Waals surface area contributed by atoms with Gasteiger partial charge in [-0.15, -0.1) is 9.24 Å². The van der Waals surface area contributed by atoms with E-state index in [0.29, 0.717) is 0 Å². The first-order chi connectivity index (χ1) is 21.0. The highest BCUT2D eigenvalue weighted by atomic mass is 31.0. The molecule has 0 bridgehead atoms. The third kappa shape index (κ3) is 11.0.